The third-order valence-electron chi connectivity index (χ3n) is 6.42. The van der Waals surface area contributed by atoms with Gasteiger partial charge < -0.3 is 15.3 Å². The van der Waals surface area contributed by atoms with Gasteiger partial charge in [0.2, 0.25) is 0 Å². The lowest BCUT2D eigenvalue weighted by atomic mass is 9.93. The molecule has 0 bridgehead atoms. The zero-order chi connectivity index (χ0) is 24.5. The van der Waals surface area contributed by atoms with Crippen molar-refractivity contribution in [3.63, 3.8) is 0 Å². The molecule has 0 fully saturated rings. The second-order valence-corrected chi connectivity index (χ2v) is 10.1. The number of phenols is 2. The number of benzene rings is 1. The van der Waals surface area contributed by atoms with Crippen molar-refractivity contribution in [2.45, 2.75) is 106 Å². The van der Waals surface area contributed by atoms with E-state index >= 15 is 0 Å². The first-order chi connectivity index (χ1) is 14.9. The lowest BCUT2D eigenvalue weighted by Crippen LogP contribution is -2.20. The Kier molecular flexibility index (Phi) is 11.3. The number of hydrogen-bond acceptors (Lipinski definition) is 3. The molecule has 3 nitrogen and oxygen atoms in total. The minimum atomic E-state index is -0.989. The average Bonchev–Trinajstić information content (AvgIpc) is 2.70. The van der Waals surface area contributed by atoms with Crippen molar-refractivity contribution in [2.24, 2.45) is 5.92 Å². The molecule has 0 radical (unpaired) electrons. The second kappa shape index (κ2) is 12.9. The molecule has 3 heteroatoms. The molecule has 1 aromatic rings. The Morgan fingerprint density at radius 1 is 0.875 bits per heavy atom. The highest BCUT2D eigenvalue weighted by molar-refractivity contribution is 5.69. The van der Waals surface area contributed by atoms with E-state index in [9.17, 15) is 15.3 Å². The van der Waals surface area contributed by atoms with Gasteiger partial charge in [-0.05, 0) is 97.1 Å². The summed E-state index contributed by atoms with van der Waals surface area (Å²) in [7, 11) is 0. The molecule has 0 unspecified atom stereocenters. The number of hydrogen-bond donors (Lipinski definition) is 3. The fraction of sp³-hybridized carbons (Fsp3) is 0.586. The van der Waals surface area contributed by atoms with E-state index in [4.69, 9.17) is 0 Å². The molecule has 0 amide bonds. The van der Waals surface area contributed by atoms with E-state index in [-0.39, 0.29) is 11.5 Å². The molecule has 32 heavy (non-hydrogen) atoms. The molecule has 0 spiro atoms. The zero-order valence-corrected chi connectivity index (χ0v) is 21.7. The first-order valence-corrected chi connectivity index (χ1v) is 12.1. The van der Waals surface area contributed by atoms with Crippen molar-refractivity contribution in [3.8, 4) is 11.5 Å². The minimum Gasteiger partial charge on any atom is -0.507 e. The Balaban J connectivity index is 2.60. The second-order valence-electron chi connectivity index (χ2n) is 10.1. The zero-order valence-electron chi connectivity index (χ0n) is 21.7. The molecule has 1 aromatic carbocycles. The van der Waals surface area contributed by atoms with Crippen LogP contribution in [0.5, 0.6) is 11.5 Å². The highest BCUT2D eigenvalue weighted by Crippen LogP contribution is 2.37. The molecular formula is C29H46O3. The molecule has 0 saturated carbocycles. The van der Waals surface area contributed by atoms with Gasteiger partial charge >= 0.3 is 0 Å². The Bertz CT molecular complexity index is 809. The summed E-state index contributed by atoms with van der Waals surface area (Å²) >= 11 is 0. The molecule has 0 aliphatic carbocycles. The van der Waals surface area contributed by atoms with Crippen LogP contribution in [0.2, 0.25) is 0 Å². The molecule has 0 heterocycles. The molecule has 0 aliphatic heterocycles. The van der Waals surface area contributed by atoms with Gasteiger partial charge in [0, 0.05) is 11.1 Å². The van der Waals surface area contributed by atoms with Crippen LogP contribution in [-0.2, 0) is 0 Å². The highest BCUT2D eigenvalue weighted by atomic mass is 16.3. The predicted octanol–water partition coefficient (Wildman–Crippen LogP) is 8.07. The van der Waals surface area contributed by atoms with Crippen molar-refractivity contribution >= 4 is 6.08 Å². The van der Waals surface area contributed by atoms with Crippen molar-refractivity contribution < 1.29 is 15.3 Å². The van der Waals surface area contributed by atoms with Crippen LogP contribution >= 0.6 is 0 Å². The maximum atomic E-state index is 10.8. The summed E-state index contributed by atoms with van der Waals surface area (Å²) < 4.78 is 0. The fourth-order valence-corrected chi connectivity index (χ4v) is 3.84. The summed E-state index contributed by atoms with van der Waals surface area (Å²) in [5.41, 5.74) is 4.39. The maximum absolute atomic E-state index is 10.8. The van der Waals surface area contributed by atoms with Crippen LogP contribution in [0.3, 0.4) is 0 Å². The van der Waals surface area contributed by atoms with Crippen LogP contribution in [0.4, 0.5) is 0 Å². The third kappa shape index (κ3) is 9.24. The van der Waals surface area contributed by atoms with E-state index in [0.717, 1.165) is 25.2 Å². The molecule has 0 aromatic heterocycles. The first kappa shape index (κ1) is 28.0. The van der Waals surface area contributed by atoms with Gasteiger partial charge in [-0.3, -0.25) is 0 Å². The summed E-state index contributed by atoms with van der Waals surface area (Å²) in [6, 6.07) is 0. The smallest absolute Gasteiger partial charge is 0.126 e. The van der Waals surface area contributed by atoms with Crippen molar-refractivity contribution in [1.29, 1.82) is 0 Å². The maximum Gasteiger partial charge on any atom is 0.126 e. The van der Waals surface area contributed by atoms with E-state index in [1.54, 1.807) is 39.8 Å². The van der Waals surface area contributed by atoms with Gasteiger partial charge in [-0.1, -0.05) is 55.7 Å². The van der Waals surface area contributed by atoms with Crippen LogP contribution in [0.25, 0.3) is 6.08 Å². The van der Waals surface area contributed by atoms with Gasteiger partial charge in [0.25, 0.3) is 0 Å². The Labute approximate surface area is 196 Å². The van der Waals surface area contributed by atoms with Gasteiger partial charge in [-0.2, -0.15) is 0 Å². The summed E-state index contributed by atoms with van der Waals surface area (Å²) in [6.07, 6.45) is 15.3. The molecule has 3 N–H and O–H groups in total. The lowest BCUT2D eigenvalue weighted by molar-refractivity contribution is 0.104. The van der Waals surface area contributed by atoms with E-state index in [2.05, 4.69) is 39.8 Å². The van der Waals surface area contributed by atoms with Crippen LogP contribution < -0.4 is 0 Å². The number of aromatic hydroxyl groups is 2. The molecule has 1 atom stereocenters. The highest BCUT2D eigenvalue weighted by Gasteiger charge is 2.18. The van der Waals surface area contributed by atoms with Gasteiger partial charge in [0.1, 0.15) is 11.5 Å². The first-order valence-electron chi connectivity index (χ1n) is 12.1. The summed E-state index contributed by atoms with van der Waals surface area (Å²) in [5.74, 6) is 1.14. The molecular weight excluding hydrogens is 396 g/mol. The molecule has 180 valence electrons. The summed E-state index contributed by atoms with van der Waals surface area (Å²) in [5, 5.41) is 31.5. The minimum absolute atomic E-state index is 0.160. The van der Waals surface area contributed by atoms with Gasteiger partial charge in [0.15, 0.2) is 0 Å². The van der Waals surface area contributed by atoms with E-state index in [0.29, 0.717) is 28.7 Å². The van der Waals surface area contributed by atoms with Gasteiger partial charge in [-0.15, -0.1) is 0 Å². The molecule has 1 rings (SSSR count). The Morgan fingerprint density at radius 2 is 1.44 bits per heavy atom. The standard InChI is InChI=1S/C29H46O3/c1-20(2)12-9-13-21(3)14-10-15-22(4)16-11-18-29(8,32)19-17-26-25(7)27(30)23(5)24(6)28(26)31/h14,16-17,19-20,30-32H,9-13,15,18H2,1-8H3/t29-/m1/s1. The lowest BCUT2D eigenvalue weighted by Gasteiger charge is -2.19. The fourth-order valence-electron chi connectivity index (χ4n) is 3.84. The Morgan fingerprint density at radius 3 is 2.06 bits per heavy atom. The molecule has 0 aliphatic rings. The number of phenolic OH excluding ortho intramolecular Hbond substituents is 2. The Hall–Kier alpha value is -2.00. The summed E-state index contributed by atoms with van der Waals surface area (Å²) in [4.78, 5) is 0. The van der Waals surface area contributed by atoms with E-state index in [1.807, 2.05) is 0 Å². The third-order valence-corrected chi connectivity index (χ3v) is 6.42. The van der Waals surface area contributed by atoms with Crippen molar-refractivity contribution in [3.05, 3.63) is 51.6 Å². The van der Waals surface area contributed by atoms with Crippen LogP contribution in [-0.4, -0.2) is 20.9 Å². The number of aliphatic hydroxyl groups is 1. The average molecular weight is 443 g/mol. The largest absolute Gasteiger partial charge is 0.507 e. The number of rotatable bonds is 12. The summed E-state index contributed by atoms with van der Waals surface area (Å²) in [6.45, 7) is 16.1. The number of allylic oxidation sites excluding steroid dienone is 4. The predicted molar refractivity (Wildman–Crippen MR) is 138 cm³/mol. The van der Waals surface area contributed by atoms with Gasteiger partial charge in [0.05, 0.1) is 5.60 Å². The molecule has 0 saturated heterocycles. The van der Waals surface area contributed by atoms with E-state index < -0.39 is 5.60 Å². The van der Waals surface area contributed by atoms with Crippen LogP contribution in [0.15, 0.2) is 29.4 Å². The van der Waals surface area contributed by atoms with Crippen LogP contribution in [0.1, 0.15) is 102 Å². The topological polar surface area (TPSA) is 60.7 Å². The van der Waals surface area contributed by atoms with Crippen molar-refractivity contribution in [2.75, 3.05) is 0 Å². The quantitative estimate of drug-likeness (QED) is 0.226. The SMILES string of the molecule is CC(=CCC[C@@](C)(O)C=Cc1c(C)c(O)c(C)c(C)c1O)CCC=C(C)CCCC(C)C. The van der Waals surface area contributed by atoms with Crippen LogP contribution in [0, 0.1) is 26.7 Å². The monoisotopic (exact) mass is 442 g/mol. The van der Waals surface area contributed by atoms with Gasteiger partial charge in [-0.25, -0.2) is 0 Å². The van der Waals surface area contributed by atoms with Crippen molar-refractivity contribution in [1.82, 2.24) is 0 Å². The normalized spacial score (nSPS) is 15.1. The van der Waals surface area contributed by atoms with E-state index in [1.165, 1.54) is 30.4 Å².